The van der Waals surface area contributed by atoms with Gasteiger partial charge in [0.05, 0.1) is 18.3 Å². The molecular formula is C8H16O2. The van der Waals surface area contributed by atoms with Crippen LogP contribution in [0.4, 0.5) is 0 Å². The Morgan fingerprint density at radius 2 is 2.40 bits per heavy atom. The summed E-state index contributed by atoms with van der Waals surface area (Å²) >= 11 is 0. The van der Waals surface area contributed by atoms with Crippen molar-refractivity contribution in [2.45, 2.75) is 44.8 Å². The lowest BCUT2D eigenvalue weighted by atomic mass is 10.00. The minimum absolute atomic E-state index is 0.0490. The molecule has 1 aliphatic heterocycles. The molecule has 60 valence electrons. The van der Waals surface area contributed by atoms with Crippen LogP contribution in [0.15, 0.2) is 0 Å². The second kappa shape index (κ2) is 2.89. The average molecular weight is 144 g/mol. The lowest BCUT2D eigenvalue weighted by Crippen LogP contribution is -2.24. The average Bonchev–Trinajstić information content (AvgIpc) is 2.33. The molecule has 1 N–H and O–H groups in total. The number of hydrogen-bond acceptors (Lipinski definition) is 2. The van der Waals surface area contributed by atoms with Crippen LogP contribution < -0.4 is 0 Å². The zero-order chi connectivity index (χ0) is 7.61. The quantitative estimate of drug-likeness (QED) is 0.633. The van der Waals surface area contributed by atoms with Gasteiger partial charge in [0.15, 0.2) is 0 Å². The van der Waals surface area contributed by atoms with Gasteiger partial charge in [-0.3, -0.25) is 0 Å². The summed E-state index contributed by atoms with van der Waals surface area (Å²) in [5.41, 5.74) is 0.0490. The SMILES string of the molecule is CCC1(C)CCC(CO)O1. The van der Waals surface area contributed by atoms with Gasteiger partial charge < -0.3 is 9.84 Å². The first-order valence-electron chi connectivity index (χ1n) is 3.99. The first-order valence-corrected chi connectivity index (χ1v) is 3.99. The second-order valence-corrected chi connectivity index (χ2v) is 3.26. The van der Waals surface area contributed by atoms with E-state index in [9.17, 15) is 0 Å². The molecule has 2 heteroatoms. The number of aliphatic hydroxyl groups excluding tert-OH is 1. The maximum atomic E-state index is 8.77. The molecule has 0 amide bonds. The summed E-state index contributed by atoms with van der Waals surface area (Å²) in [5.74, 6) is 0. The summed E-state index contributed by atoms with van der Waals surface area (Å²) in [7, 11) is 0. The summed E-state index contributed by atoms with van der Waals surface area (Å²) in [4.78, 5) is 0. The fourth-order valence-corrected chi connectivity index (χ4v) is 1.38. The molecule has 2 nitrogen and oxygen atoms in total. The zero-order valence-corrected chi connectivity index (χ0v) is 6.76. The van der Waals surface area contributed by atoms with Gasteiger partial charge in [0, 0.05) is 0 Å². The van der Waals surface area contributed by atoms with E-state index in [0.29, 0.717) is 0 Å². The third-order valence-electron chi connectivity index (χ3n) is 2.40. The number of rotatable bonds is 2. The van der Waals surface area contributed by atoms with E-state index in [-0.39, 0.29) is 18.3 Å². The Kier molecular flexibility index (Phi) is 2.32. The van der Waals surface area contributed by atoms with Crippen LogP contribution in [0, 0.1) is 0 Å². The van der Waals surface area contributed by atoms with Crippen molar-refractivity contribution in [3.8, 4) is 0 Å². The minimum atomic E-state index is 0.0490. The van der Waals surface area contributed by atoms with E-state index < -0.39 is 0 Å². The van der Waals surface area contributed by atoms with Gasteiger partial charge >= 0.3 is 0 Å². The predicted octanol–water partition coefficient (Wildman–Crippen LogP) is 1.33. The van der Waals surface area contributed by atoms with Gasteiger partial charge in [-0.2, -0.15) is 0 Å². The van der Waals surface area contributed by atoms with Gasteiger partial charge in [-0.05, 0) is 26.2 Å². The van der Waals surface area contributed by atoms with Gasteiger partial charge in [-0.25, -0.2) is 0 Å². The molecule has 0 aromatic heterocycles. The van der Waals surface area contributed by atoms with E-state index in [4.69, 9.17) is 9.84 Å². The number of hydrogen-bond donors (Lipinski definition) is 1. The first-order chi connectivity index (χ1) is 4.70. The van der Waals surface area contributed by atoms with Crippen molar-refractivity contribution in [2.75, 3.05) is 6.61 Å². The highest BCUT2D eigenvalue weighted by Crippen LogP contribution is 2.32. The lowest BCUT2D eigenvalue weighted by molar-refractivity contribution is -0.0498. The molecule has 1 fully saturated rings. The molecule has 0 bridgehead atoms. The molecule has 1 rings (SSSR count). The normalized spacial score (nSPS) is 40.5. The van der Waals surface area contributed by atoms with Crippen molar-refractivity contribution in [3.63, 3.8) is 0 Å². The van der Waals surface area contributed by atoms with Crippen LogP contribution in [0.1, 0.15) is 33.1 Å². The van der Waals surface area contributed by atoms with Crippen LogP contribution in [0.5, 0.6) is 0 Å². The molecular weight excluding hydrogens is 128 g/mol. The Labute approximate surface area is 62.2 Å². The van der Waals surface area contributed by atoms with Gasteiger partial charge in [0.2, 0.25) is 0 Å². The molecule has 0 spiro atoms. The van der Waals surface area contributed by atoms with Crippen LogP contribution >= 0.6 is 0 Å². The van der Waals surface area contributed by atoms with E-state index in [2.05, 4.69) is 13.8 Å². The van der Waals surface area contributed by atoms with Crippen LogP contribution in [0.3, 0.4) is 0 Å². The monoisotopic (exact) mass is 144 g/mol. The fourth-order valence-electron chi connectivity index (χ4n) is 1.38. The molecule has 1 aliphatic rings. The lowest BCUT2D eigenvalue weighted by Gasteiger charge is -2.22. The summed E-state index contributed by atoms with van der Waals surface area (Å²) in [6.07, 6.45) is 3.25. The number of ether oxygens (including phenoxy) is 1. The molecule has 0 saturated carbocycles. The van der Waals surface area contributed by atoms with Crippen LogP contribution in [0.2, 0.25) is 0 Å². The Bertz CT molecular complexity index is 114. The smallest absolute Gasteiger partial charge is 0.0814 e. The Hall–Kier alpha value is -0.0800. The van der Waals surface area contributed by atoms with Gasteiger partial charge in [0.1, 0.15) is 0 Å². The van der Waals surface area contributed by atoms with E-state index in [1.54, 1.807) is 0 Å². The van der Waals surface area contributed by atoms with Crippen molar-refractivity contribution in [3.05, 3.63) is 0 Å². The van der Waals surface area contributed by atoms with Gasteiger partial charge in [-0.15, -0.1) is 0 Å². The van der Waals surface area contributed by atoms with E-state index in [1.807, 2.05) is 0 Å². The van der Waals surface area contributed by atoms with Crippen LogP contribution in [-0.4, -0.2) is 23.4 Å². The Morgan fingerprint density at radius 1 is 1.70 bits per heavy atom. The Balaban J connectivity index is 2.41. The van der Waals surface area contributed by atoms with Crippen LogP contribution in [-0.2, 0) is 4.74 Å². The number of aliphatic hydroxyl groups is 1. The molecule has 2 atom stereocenters. The van der Waals surface area contributed by atoms with Gasteiger partial charge in [0.25, 0.3) is 0 Å². The largest absolute Gasteiger partial charge is 0.394 e. The maximum absolute atomic E-state index is 8.77. The van der Waals surface area contributed by atoms with Crippen molar-refractivity contribution in [2.24, 2.45) is 0 Å². The summed E-state index contributed by atoms with van der Waals surface area (Å²) in [6.45, 7) is 4.41. The highest BCUT2D eigenvalue weighted by molar-refractivity contribution is 4.83. The Morgan fingerprint density at radius 3 is 2.70 bits per heavy atom. The molecule has 1 saturated heterocycles. The molecule has 10 heavy (non-hydrogen) atoms. The standard InChI is InChI=1S/C8H16O2/c1-3-8(2)5-4-7(6-9)10-8/h7,9H,3-6H2,1-2H3. The fraction of sp³-hybridized carbons (Fsp3) is 1.00. The third kappa shape index (κ3) is 1.50. The molecule has 1 heterocycles. The van der Waals surface area contributed by atoms with E-state index >= 15 is 0 Å². The van der Waals surface area contributed by atoms with Crippen molar-refractivity contribution in [1.82, 2.24) is 0 Å². The third-order valence-corrected chi connectivity index (χ3v) is 2.40. The van der Waals surface area contributed by atoms with Crippen molar-refractivity contribution in [1.29, 1.82) is 0 Å². The second-order valence-electron chi connectivity index (χ2n) is 3.26. The van der Waals surface area contributed by atoms with E-state index in [0.717, 1.165) is 19.3 Å². The molecule has 0 aromatic carbocycles. The highest BCUT2D eigenvalue weighted by Gasteiger charge is 2.33. The summed E-state index contributed by atoms with van der Waals surface area (Å²) in [5, 5.41) is 8.77. The van der Waals surface area contributed by atoms with Crippen molar-refractivity contribution < 1.29 is 9.84 Å². The topological polar surface area (TPSA) is 29.5 Å². The molecule has 0 aromatic rings. The molecule has 0 radical (unpaired) electrons. The predicted molar refractivity (Wildman–Crippen MR) is 39.9 cm³/mol. The first kappa shape index (κ1) is 8.02. The van der Waals surface area contributed by atoms with Crippen molar-refractivity contribution >= 4 is 0 Å². The van der Waals surface area contributed by atoms with Crippen LogP contribution in [0.25, 0.3) is 0 Å². The minimum Gasteiger partial charge on any atom is -0.394 e. The van der Waals surface area contributed by atoms with Gasteiger partial charge in [-0.1, -0.05) is 6.92 Å². The highest BCUT2D eigenvalue weighted by atomic mass is 16.5. The maximum Gasteiger partial charge on any atom is 0.0814 e. The molecule has 0 aliphatic carbocycles. The zero-order valence-electron chi connectivity index (χ0n) is 6.76. The molecule has 2 unspecified atom stereocenters. The van der Waals surface area contributed by atoms with E-state index in [1.165, 1.54) is 0 Å². The summed E-state index contributed by atoms with van der Waals surface area (Å²) in [6, 6.07) is 0. The summed E-state index contributed by atoms with van der Waals surface area (Å²) < 4.78 is 5.60.